The summed E-state index contributed by atoms with van der Waals surface area (Å²) in [6, 6.07) is 12.6. The van der Waals surface area contributed by atoms with Gasteiger partial charge < -0.3 is 15.0 Å². The van der Waals surface area contributed by atoms with Crippen LogP contribution in [0.1, 0.15) is 39.9 Å². The van der Waals surface area contributed by atoms with E-state index in [1.807, 2.05) is 12.1 Å². The standard InChI is InChI=1S/C28H26F3N7O3S/c29-28(30,31)41-22-5-1-3-18(14-22)13-21(39)16-26-36-37-27(42-26)20-8-11-38(12-9-20)24-7-6-23(34-35-24)33-25(40)15-19-4-2-10-32-17-19/h1-7,10,14,17,20H,8-9,11-13,15-16H2,(H,33,34,40). The molecule has 14 heteroatoms. The van der Waals surface area contributed by atoms with Crippen LogP contribution in [0, 0.1) is 0 Å². The molecule has 5 rings (SSSR count). The number of nitrogens with one attached hydrogen (secondary N) is 1. The normalized spacial score (nSPS) is 14.0. The SMILES string of the molecule is O=C(Cc1cccc(OC(F)(F)F)c1)Cc1nnc(C2CCN(c3ccc(NC(=O)Cc4cccnc4)nn3)CC2)s1. The van der Waals surface area contributed by atoms with Crippen molar-refractivity contribution >= 4 is 34.7 Å². The highest BCUT2D eigenvalue weighted by Gasteiger charge is 2.31. The van der Waals surface area contributed by atoms with Gasteiger partial charge in [-0.1, -0.05) is 18.2 Å². The number of piperidine rings is 1. The fraction of sp³-hybridized carbons (Fsp3) is 0.321. The Labute approximate surface area is 243 Å². The van der Waals surface area contributed by atoms with Crippen LogP contribution in [0.4, 0.5) is 24.8 Å². The molecule has 42 heavy (non-hydrogen) atoms. The van der Waals surface area contributed by atoms with E-state index in [4.69, 9.17) is 0 Å². The number of ketones is 1. The number of alkyl halides is 3. The van der Waals surface area contributed by atoms with Gasteiger partial charge in [-0.2, -0.15) is 0 Å². The number of ether oxygens (including phenoxy) is 1. The Bertz CT molecular complexity index is 1510. The van der Waals surface area contributed by atoms with E-state index in [-0.39, 0.29) is 42.6 Å². The van der Waals surface area contributed by atoms with E-state index in [0.29, 0.717) is 22.2 Å². The van der Waals surface area contributed by atoms with Crippen molar-refractivity contribution in [2.75, 3.05) is 23.3 Å². The van der Waals surface area contributed by atoms with Crippen LogP contribution in [0.25, 0.3) is 0 Å². The maximum atomic E-state index is 12.6. The molecule has 0 aliphatic carbocycles. The van der Waals surface area contributed by atoms with Gasteiger partial charge in [0, 0.05) is 37.8 Å². The van der Waals surface area contributed by atoms with E-state index in [1.165, 1.54) is 29.5 Å². The molecule has 1 aromatic carbocycles. The maximum absolute atomic E-state index is 12.6. The summed E-state index contributed by atoms with van der Waals surface area (Å²) in [5.74, 6) is 0.550. The highest BCUT2D eigenvalue weighted by Crippen LogP contribution is 2.32. The number of Topliss-reactive ketones (excluding diaryl/α,β-unsaturated/α-hetero) is 1. The van der Waals surface area contributed by atoms with Crippen LogP contribution in [-0.2, 0) is 28.9 Å². The number of aromatic nitrogens is 5. The molecule has 0 saturated carbocycles. The molecule has 1 aliphatic heterocycles. The average molecular weight is 598 g/mol. The topological polar surface area (TPSA) is 123 Å². The van der Waals surface area contributed by atoms with Crippen molar-refractivity contribution in [3.63, 3.8) is 0 Å². The smallest absolute Gasteiger partial charge is 0.406 e. The van der Waals surface area contributed by atoms with E-state index < -0.39 is 6.36 Å². The zero-order chi connectivity index (χ0) is 29.5. The van der Waals surface area contributed by atoms with E-state index in [2.05, 4.69) is 40.3 Å². The minimum atomic E-state index is -4.79. The minimum Gasteiger partial charge on any atom is -0.406 e. The number of halogens is 3. The van der Waals surface area contributed by atoms with E-state index >= 15 is 0 Å². The van der Waals surface area contributed by atoms with Crippen LogP contribution >= 0.6 is 11.3 Å². The van der Waals surface area contributed by atoms with Crippen LogP contribution in [0.5, 0.6) is 5.75 Å². The number of hydrogen-bond donors (Lipinski definition) is 1. The molecule has 218 valence electrons. The maximum Gasteiger partial charge on any atom is 0.573 e. The first-order valence-corrected chi connectivity index (χ1v) is 14.0. The van der Waals surface area contributed by atoms with Crippen molar-refractivity contribution in [3.8, 4) is 5.75 Å². The van der Waals surface area contributed by atoms with Crippen molar-refractivity contribution in [1.82, 2.24) is 25.4 Å². The molecule has 1 aliphatic rings. The molecule has 0 unspecified atom stereocenters. The van der Waals surface area contributed by atoms with Crippen LogP contribution in [-0.4, -0.2) is 56.5 Å². The Kier molecular flexibility index (Phi) is 9.00. The molecule has 0 atom stereocenters. The predicted molar refractivity (Wildman–Crippen MR) is 148 cm³/mol. The molecule has 1 fully saturated rings. The third kappa shape index (κ3) is 8.28. The Morgan fingerprint density at radius 3 is 2.48 bits per heavy atom. The molecule has 4 heterocycles. The summed E-state index contributed by atoms with van der Waals surface area (Å²) >= 11 is 1.39. The molecule has 10 nitrogen and oxygen atoms in total. The second kappa shape index (κ2) is 13.0. The number of carbonyl (C=O) groups excluding carboxylic acids is 2. The van der Waals surface area contributed by atoms with Gasteiger partial charge in [-0.05, 0) is 54.3 Å². The second-order valence-corrected chi connectivity index (χ2v) is 10.8. The van der Waals surface area contributed by atoms with Gasteiger partial charge in [0.1, 0.15) is 21.5 Å². The van der Waals surface area contributed by atoms with Crippen molar-refractivity contribution in [3.05, 3.63) is 82.1 Å². The number of hydrogen-bond acceptors (Lipinski definition) is 10. The molecule has 1 N–H and O–H groups in total. The third-order valence-electron chi connectivity index (χ3n) is 6.54. The van der Waals surface area contributed by atoms with Gasteiger partial charge in [0.2, 0.25) is 5.91 Å². The summed E-state index contributed by atoms with van der Waals surface area (Å²) in [4.78, 5) is 30.9. The number of carbonyl (C=O) groups is 2. The zero-order valence-electron chi connectivity index (χ0n) is 22.3. The first kappa shape index (κ1) is 29.0. The minimum absolute atomic E-state index is 0.0314. The summed E-state index contributed by atoms with van der Waals surface area (Å²) in [6.45, 7) is 1.46. The highest BCUT2D eigenvalue weighted by atomic mass is 32.1. The summed E-state index contributed by atoms with van der Waals surface area (Å²) in [5.41, 5.74) is 1.24. The van der Waals surface area contributed by atoms with E-state index in [1.54, 1.807) is 30.6 Å². The first-order chi connectivity index (χ1) is 20.2. The Morgan fingerprint density at radius 2 is 1.76 bits per heavy atom. The van der Waals surface area contributed by atoms with Crippen molar-refractivity contribution in [2.24, 2.45) is 0 Å². The molecule has 1 saturated heterocycles. The molecular weight excluding hydrogens is 571 g/mol. The number of pyridine rings is 1. The lowest BCUT2D eigenvalue weighted by Crippen LogP contribution is -2.33. The Morgan fingerprint density at radius 1 is 0.952 bits per heavy atom. The van der Waals surface area contributed by atoms with E-state index in [0.717, 1.165) is 36.5 Å². The number of benzene rings is 1. The molecular formula is C28H26F3N7O3S. The van der Waals surface area contributed by atoms with Gasteiger partial charge in [-0.3, -0.25) is 14.6 Å². The van der Waals surface area contributed by atoms with Crippen molar-refractivity contribution in [1.29, 1.82) is 0 Å². The summed E-state index contributed by atoms with van der Waals surface area (Å²) in [6.07, 6.45) is 0.362. The summed E-state index contributed by atoms with van der Waals surface area (Å²) < 4.78 is 41.3. The lowest BCUT2D eigenvalue weighted by atomic mass is 9.98. The average Bonchev–Trinajstić information content (AvgIpc) is 3.41. The van der Waals surface area contributed by atoms with Crippen LogP contribution in [0.15, 0.2) is 60.9 Å². The van der Waals surface area contributed by atoms with Gasteiger partial charge in [0.15, 0.2) is 11.6 Å². The Balaban J connectivity index is 1.08. The number of anilines is 2. The van der Waals surface area contributed by atoms with Crippen molar-refractivity contribution < 1.29 is 27.5 Å². The quantitative estimate of drug-likeness (QED) is 0.281. The third-order valence-corrected chi connectivity index (χ3v) is 7.62. The highest BCUT2D eigenvalue weighted by molar-refractivity contribution is 7.11. The molecule has 3 aromatic heterocycles. The monoisotopic (exact) mass is 597 g/mol. The summed E-state index contributed by atoms with van der Waals surface area (Å²) in [7, 11) is 0. The molecule has 0 spiro atoms. The Hall–Kier alpha value is -4.46. The fourth-order valence-electron chi connectivity index (χ4n) is 4.61. The van der Waals surface area contributed by atoms with Gasteiger partial charge in [-0.25, -0.2) is 0 Å². The molecule has 0 bridgehead atoms. The molecule has 1 amide bonds. The van der Waals surface area contributed by atoms with Crippen molar-refractivity contribution in [2.45, 2.75) is 44.4 Å². The van der Waals surface area contributed by atoms with Crippen LogP contribution in [0.3, 0.4) is 0 Å². The lowest BCUT2D eigenvalue weighted by molar-refractivity contribution is -0.274. The van der Waals surface area contributed by atoms with Gasteiger partial charge in [0.05, 0.1) is 12.8 Å². The molecule has 4 aromatic rings. The second-order valence-electron chi connectivity index (χ2n) is 9.75. The number of amides is 1. The number of rotatable bonds is 10. The fourth-order valence-corrected chi connectivity index (χ4v) is 5.65. The van der Waals surface area contributed by atoms with Gasteiger partial charge in [-0.15, -0.1) is 44.9 Å². The number of nitrogens with zero attached hydrogens (tertiary/aromatic N) is 6. The van der Waals surface area contributed by atoms with E-state index in [9.17, 15) is 22.8 Å². The van der Waals surface area contributed by atoms with Crippen LogP contribution < -0.4 is 15.0 Å². The lowest BCUT2D eigenvalue weighted by Gasteiger charge is -2.31. The largest absolute Gasteiger partial charge is 0.573 e. The summed E-state index contributed by atoms with van der Waals surface area (Å²) in [5, 5.41) is 21.1. The predicted octanol–water partition coefficient (Wildman–Crippen LogP) is 4.54. The van der Waals surface area contributed by atoms with Crippen LogP contribution in [0.2, 0.25) is 0 Å². The van der Waals surface area contributed by atoms with Gasteiger partial charge in [0.25, 0.3) is 0 Å². The zero-order valence-corrected chi connectivity index (χ0v) is 23.1. The first-order valence-electron chi connectivity index (χ1n) is 13.2. The van der Waals surface area contributed by atoms with Gasteiger partial charge >= 0.3 is 6.36 Å². The molecule has 0 radical (unpaired) electrons.